The number of pyridine rings is 1. The molecule has 2 unspecified atom stereocenters. The molecule has 2 aromatic heterocycles. The van der Waals surface area contributed by atoms with Crippen molar-refractivity contribution in [1.29, 1.82) is 0 Å². The van der Waals surface area contributed by atoms with Gasteiger partial charge < -0.3 is 14.6 Å². The quantitative estimate of drug-likeness (QED) is 0.356. The zero-order valence-electron chi connectivity index (χ0n) is 20.3. The molecule has 1 amide bonds. The van der Waals surface area contributed by atoms with Gasteiger partial charge in [-0.1, -0.05) is 24.3 Å². The minimum absolute atomic E-state index is 0.0170. The normalized spacial score (nSPS) is 15.4. The van der Waals surface area contributed by atoms with Crippen molar-refractivity contribution in [2.75, 3.05) is 18.6 Å². The highest BCUT2D eigenvalue weighted by atomic mass is 32.1. The van der Waals surface area contributed by atoms with Gasteiger partial charge in [-0.25, -0.2) is 19.2 Å². The number of carbonyl (C=O) groups is 2. The van der Waals surface area contributed by atoms with E-state index in [4.69, 9.17) is 9.47 Å². The number of benzene rings is 1. The highest BCUT2D eigenvalue weighted by molar-refractivity contribution is 7.09. The van der Waals surface area contributed by atoms with Crippen molar-refractivity contribution in [1.82, 2.24) is 9.97 Å². The van der Waals surface area contributed by atoms with Crippen LogP contribution in [-0.4, -0.2) is 46.9 Å². The smallest absolute Gasteiger partial charge is 0.413 e. The Hall–Kier alpha value is -4.05. The van der Waals surface area contributed by atoms with Crippen LogP contribution in [0.25, 0.3) is 12.2 Å². The Morgan fingerprint density at radius 3 is 2.89 bits per heavy atom. The molecule has 1 aliphatic heterocycles. The van der Waals surface area contributed by atoms with E-state index in [1.165, 1.54) is 35.5 Å². The molecule has 0 radical (unpaired) electrons. The number of hydrogen-bond acceptors (Lipinski definition) is 7. The zero-order chi connectivity index (χ0) is 26.4. The summed E-state index contributed by atoms with van der Waals surface area (Å²) in [5, 5.41) is 12.2. The molecule has 0 aliphatic carbocycles. The third-order valence-electron chi connectivity index (χ3n) is 5.84. The summed E-state index contributed by atoms with van der Waals surface area (Å²) in [5.74, 6) is -0.891. The lowest BCUT2D eigenvalue weighted by molar-refractivity contribution is -0.143. The van der Waals surface area contributed by atoms with Gasteiger partial charge in [0.25, 0.3) is 0 Å². The molecular formula is C27H26FN3O5S. The number of methoxy groups -OCH3 is 1. The van der Waals surface area contributed by atoms with Crippen LogP contribution in [0.2, 0.25) is 0 Å². The van der Waals surface area contributed by atoms with Gasteiger partial charge >= 0.3 is 12.1 Å². The Bertz CT molecular complexity index is 1340. The predicted molar refractivity (Wildman–Crippen MR) is 139 cm³/mol. The maximum atomic E-state index is 14.4. The highest BCUT2D eigenvalue weighted by Gasteiger charge is 2.28. The van der Waals surface area contributed by atoms with Gasteiger partial charge in [0.2, 0.25) is 0 Å². The molecule has 37 heavy (non-hydrogen) atoms. The van der Waals surface area contributed by atoms with Crippen molar-refractivity contribution >= 4 is 41.4 Å². The Morgan fingerprint density at radius 1 is 1.32 bits per heavy atom. The molecule has 0 fully saturated rings. The summed E-state index contributed by atoms with van der Waals surface area (Å²) in [7, 11) is 1.39. The molecule has 4 rings (SSSR count). The average Bonchev–Trinajstić information content (AvgIpc) is 3.35. The molecule has 1 N–H and O–H groups in total. The fourth-order valence-electron chi connectivity index (χ4n) is 4.11. The Kier molecular flexibility index (Phi) is 8.29. The van der Waals surface area contributed by atoms with E-state index in [-0.39, 0.29) is 18.8 Å². The van der Waals surface area contributed by atoms with Crippen molar-refractivity contribution in [3.05, 3.63) is 81.7 Å². The summed E-state index contributed by atoms with van der Waals surface area (Å²) < 4.78 is 24.5. The zero-order valence-corrected chi connectivity index (χ0v) is 21.2. The number of rotatable bonds is 9. The van der Waals surface area contributed by atoms with Crippen LogP contribution in [0.5, 0.6) is 5.75 Å². The molecule has 0 saturated carbocycles. The second-order valence-corrected chi connectivity index (χ2v) is 9.09. The fourth-order valence-corrected chi connectivity index (χ4v) is 5.03. The van der Waals surface area contributed by atoms with E-state index in [1.54, 1.807) is 31.3 Å². The van der Waals surface area contributed by atoms with Crippen molar-refractivity contribution in [2.24, 2.45) is 0 Å². The molecule has 8 nitrogen and oxygen atoms in total. The first kappa shape index (κ1) is 26.0. The first-order valence-electron chi connectivity index (χ1n) is 11.7. The number of amides is 1. The van der Waals surface area contributed by atoms with Gasteiger partial charge in [0, 0.05) is 23.1 Å². The fraction of sp³-hybridized carbons (Fsp3) is 0.259. The summed E-state index contributed by atoms with van der Waals surface area (Å²) in [5.41, 5.74) is 1.99. The Labute approximate surface area is 217 Å². The third-order valence-corrected chi connectivity index (χ3v) is 6.82. The van der Waals surface area contributed by atoms with Crippen molar-refractivity contribution < 1.29 is 28.6 Å². The topological polar surface area (TPSA) is 102 Å². The standard InChI is InChI=1S/C27H26FN3O5S/c1-3-36-24(32)15-21(18-10-12-23(35-2)22(28)14-18)26-30-19(16-37-26)7-4-8-20-11-9-17-6-5-13-29-25(17)31(20)27(33)34/h4-7,9-14,16,20-21H,3,8,15H2,1-2H3,(H,33,34). The number of esters is 1. The second-order valence-electron chi connectivity index (χ2n) is 8.20. The first-order valence-corrected chi connectivity index (χ1v) is 12.6. The lowest BCUT2D eigenvalue weighted by Crippen LogP contribution is -2.40. The molecule has 192 valence electrons. The predicted octanol–water partition coefficient (Wildman–Crippen LogP) is 5.75. The number of carbonyl (C=O) groups excluding carboxylic acids is 1. The molecule has 2 atom stereocenters. The molecule has 10 heteroatoms. The summed E-state index contributed by atoms with van der Waals surface area (Å²) >= 11 is 1.36. The molecule has 0 spiro atoms. The van der Waals surface area contributed by atoms with Gasteiger partial charge in [-0.2, -0.15) is 0 Å². The van der Waals surface area contributed by atoms with Crippen LogP contribution in [0, 0.1) is 5.82 Å². The summed E-state index contributed by atoms with van der Waals surface area (Å²) in [6, 6.07) is 7.76. The van der Waals surface area contributed by atoms with Gasteiger partial charge in [0.05, 0.1) is 31.9 Å². The third kappa shape index (κ3) is 6.03. The van der Waals surface area contributed by atoms with Crippen LogP contribution in [0.3, 0.4) is 0 Å². The molecule has 1 aliphatic rings. The van der Waals surface area contributed by atoms with Crippen LogP contribution >= 0.6 is 11.3 Å². The molecule has 3 aromatic rings. The number of thiazole rings is 1. The van der Waals surface area contributed by atoms with E-state index < -0.39 is 29.8 Å². The van der Waals surface area contributed by atoms with Crippen molar-refractivity contribution in [2.45, 2.75) is 31.7 Å². The van der Waals surface area contributed by atoms with Gasteiger partial charge in [-0.05, 0) is 49.2 Å². The molecule has 0 bridgehead atoms. The molecule has 0 saturated heterocycles. The maximum absolute atomic E-state index is 14.4. The van der Waals surface area contributed by atoms with Gasteiger partial charge in [0.15, 0.2) is 11.6 Å². The largest absolute Gasteiger partial charge is 0.494 e. The van der Waals surface area contributed by atoms with Crippen molar-refractivity contribution in [3.63, 3.8) is 0 Å². The molecule has 3 heterocycles. The summed E-state index contributed by atoms with van der Waals surface area (Å²) in [6.07, 6.45) is 8.29. The lowest BCUT2D eigenvalue weighted by Gasteiger charge is -2.29. The second kappa shape index (κ2) is 11.8. The lowest BCUT2D eigenvalue weighted by atomic mass is 9.96. The highest BCUT2D eigenvalue weighted by Crippen LogP contribution is 2.34. The van der Waals surface area contributed by atoms with E-state index in [0.29, 0.717) is 28.5 Å². The average molecular weight is 524 g/mol. The molecular weight excluding hydrogens is 497 g/mol. The monoisotopic (exact) mass is 523 g/mol. The van der Waals surface area contributed by atoms with E-state index in [9.17, 15) is 19.1 Å². The summed E-state index contributed by atoms with van der Waals surface area (Å²) in [4.78, 5) is 34.3. The number of hydrogen-bond donors (Lipinski definition) is 1. The minimum atomic E-state index is -1.08. The van der Waals surface area contributed by atoms with E-state index in [0.717, 1.165) is 5.56 Å². The van der Waals surface area contributed by atoms with Crippen LogP contribution in [0.4, 0.5) is 15.0 Å². The number of ether oxygens (including phenoxy) is 2. The number of fused-ring (bicyclic) bond motifs is 1. The van der Waals surface area contributed by atoms with Crippen molar-refractivity contribution in [3.8, 4) is 5.75 Å². The minimum Gasteiger partial charge on any atom is -0.494 e. The van der Waals surface area contributed by atoms with Gasteiger partial charge in [-0.15, -0.1) is 11.3 Å². The van der Waals surface area contributed by atoms with Crippen LogP contribution < -0.4 is 9.64 Å². The summed E-state index contributed by atoms with van der Waals surface area (Å²) in [6.45, 7) is 1.98. The number of anilines is 1. The van der Waals surface area contributed by atoms with Crippen LogP contribution in [0.1, 0.15) is 47.5 Å². The number of aromatic nitrogens is 2. The number of halogens is 1. The van der Waals surface area contributed by atoms with E-state index in [2.05, 4.69) is 9.97 Å². The van der Waals surface area contributed by atoms with E-state index >= 15 is 0 Å². The Morgan fingerprint density at radius 2 is 2.16 bits per heavy atom. The SMILES string of the molecule is CCOC(=O)CC(c1ccc(OC)c(F)c1)c1nc(C=CCC2C=Cc3cccnc3N2C(=O)O)cs1. The van der Waals surface area contributed by atoms with Gasteiger partial charge in [0.1, 0.15) is 10.8 Å². The van der Waals surface area contributed by atoms with Gasteiger partial charge in [-0.3, -0.25) is 9.69 Å². The Balaban J connectivity index is 1.52. The maximum Gasteiger partial charge on any atom is 0.413 e. The van der Waals surface area contributed by atoms with Crippen LogP contribution in [0.15, 0.2) is 54.1 Å². The number of carboxylic acid groups (broad SMARTS) is 1. The first-order chi connectivity index (χ1) is 17.9. The van der Waals surface area contributed by atoms with E-state index in [1.807, 2.05) is 29.7 Å². The molecule has 1 aromatic carbocycles. The van der Waals surface area contributed by atoms with Crippen LogP contribution in [-0.2, 0) is 9.53 Å². The number of nitrogens with zero attached hydrogens (tertiary/aromatic N) is 3.